The summed E-state index contributed by atoms with van der Waals surface area (Å²) in [6.45, 7) is 2.49. The van der Waals surface area contributed by atoms with Crippen molar-refractivity contribution in [1.29, 1.82) is 0 Å². The number of para-hydroxylation sites is 1. The summed E-state index contributed by atoms with van der Waals surface area (Å²) in [5, 5.41) is 4.61. The molecule has 2 N–H and O–H groups in total. The Hall–Kier alpha value is -3.80. The maximum absolute atomic E-state index is 13.1. The third kappa shape index (κ3) is 5.65. The maximum atomic E-state index is 13.1. The average molecular weight is 575 g/mol. The van der Waals surface area contributed by atoms with Crippen LogP contribution in [0.25, 0.3) is 15.2 Å². The third-order valence-electron chi connectivity index (χ3n) is 5.97. The molecule has 0 fully saturated rings. The predicted molar refractivity (Wildman–Crippen MR) is 145 cm³/mol. The third-order valence-corrected chi connectivity index (χ3v) is 7.30. The quantitative estimate of drug-likeness (QED) is 0.208. The lowest BCUT2D eigenvalue weighted by Gasteiger charge is -2.14. The molecule has 2 heterocycles. The van der Waals surface area contributed by atoms with E-state index >= 15 is 0 Å². The Morgan fingerprint density at radius 3 is 2.69 bits per heavy atom. The lowest BCUT2D eigenvalue weighted by molar-refractivity contribution is -0.137. The van der Waals surface area contributed by atoms with Crippen LogP contribution < -0.4 is 15.4 Å². The monoisotopic (exact) mass is 574 g/mol. The van der Waals surface area contributed by atoms with Gasteiger partial charge in [-0.3, -0.25) is 4.40 Å². The van der Waals surface area contributed by atoms with Gasteiger partial charge in [0, 0.05) is 31.0 Å². The molecule has 0 saturated heterocycles. The topological polar surface area (TPSA) is 76.9 Å². The van der Waals surface area contributed by atoms with Crippen molar-refractivity contribution in [3.8, 4) is 11.5 Å². The van der Waals surface area contributed by atoms with Crippen molar-refractivity contribution in [1.82, 2.24) is 14.7 Å². The Balaban J connectivity index is 1.30. The number of nitrogens with zero attached hydrogens (tertiary/aromatic N) is 2. The molecule has 5 rings (SSSR count). The average Bonchev–Trinajstić information content (AvgIpc) is 3.38. The largest absolute Gasteiger partial charge is 0.457 e. The fourth-order valence-electron chi connectivity index (χ4n) is 4.13. The molecule has 2 amide bonds. The van der Waals surface area contributed by atoms with Gasteiger partial charge in [0.25, 0.3) is 0 Å². The van der Waals surface area contributed by atoms with Gasteiger partial charge in [-0.25, -0.2) is 9.78 Å². The Labute approximate surface area is 230 Å². The number of nitrogens with one attached hydrogen (secondary N) is 2. The molecule has 202 valence electrons. The first-order chi connectivity index (χ1) is 18.6. The van der Waals surface area contributed by atoms with Crippen molar-refractivity contribution >= 4 is 49.8 Å². The zero-order chi connectivity index (χ0) is 27.7. The second-order valence-corrected chi connectivity index (χ2v) is 10.1. The number of halogens is 4. The van der Waals surface area contributed by atoms with Gasteiger partial charge >= 0.3 is 12.2 Å². The van der Waals surface area contributed by atoms with E-state index in [9.17, 15) is 18.0 Å². The molecule has 0 atom stereocenters. The van der Waals surface area contributed by atoms with E-state index in [0.29, 0.717) is 23.7 Å². The molecule has 0 spiro atoms. The minimum absolute atomic E-state index is 0.0341. The van der Waals surface area contributed by atoms with E-state index in [-0.39, 0.29) is 12.2 Å². The Bertz CT molecular complexity index is 1680. The van der Waals surface area contributed by atoms with Crippen LogP contribution in [0.4, 0.5) is 23.7 Å². The number of aryl methyl sites for hydroxylation is 1. The van der Waals surface area contributed by atoms with Crippen LogP contribution in [0.2, 0.25) is 5.02 Å². The Kier molecular flexibility index (Phi) is 7.39. The van der Waals surface area contributed by atoms with Crippen molar-refractivity contribution < 1.29 is 27.4 Å². The number of ether oxygens (including phenoxy) is 2. The number of carbonyl (C=O) groups excluding carboxylic acids is 1. The van der Waals surface area contributed by atoms with Crippen molar-refractivity contribution in [2.45, 2.75) is 26.3 Å². The van der Waals surface area contributed by atoms with Crippen LogP contribution in [0.3, 0.4) is 0 Å². The fourth-order valence-corrected chi connectivity index (χ4v) is 5.47. The van der Waals surface area contributed by atoms with Crippen LogP contribution in [0.15, 0.2) is 60.7 Å². The number of aromatic nitrogens is 2. The molecule has 0 aliphatic carbocycles. The van der Waals surface area contributed by atoms with Crippen LogP contribution in [0.5, 0.6) is 11.5 Å². The van der Waals surface area contributed by atoms with E-state index in [1.54, 1.807) is 36.6 Å². The number of carbonyl (C=O) groups is 1. The second-order valence-electron chi connectivity index (χ2n) is 8.64. The molecule has 2 aromatic heterocycles. The summed E-state index contributed by atoms with van der Waals surface area (Å²) in [6, 6.07) is 15.4. The van der Waals surface area contributed by atoms with E-state index in [2.05, 4.69) is 20.0 Å². The number of imidazole rings is 1. The highest BCUT2D eigenvalue weighted by molar-refractivity contribution is 7.23. The molecular weight excluding hydrogens is 553 g/mol. The second kappa shape index (κ2) is 10.8. The Morgan fingerprint density at radius 1 is 1.13 bits per heavy atom. The van der Waals surface area contributed by atoms with Crippen molar-refractivity contribution in [2.24, 2.45) is 0 Å². The van der Waals surface area contributed by atoms with E-state index in [4.69, 9.17) is 21.1 Å². The maximum Gasteiger partial charge on any atom is 0.417 e. The summed E-state index contributed by atoms with van der Waals surface area (Å²) in [7, 11) is 1.65. The summed E-state index contributed by atoms with van der Waals surface area (Å²) in [5.41, 5.74) is 2.54. The number of thiazole rings is 1. The van der Waals surface area contributed by atoms with Crippen LogP contribution in [-0.4, -0.2) is 22.5 Å². The lowest BCUT2D eigenvalue weighted by Crippen LogP contribution is -2.28. The number of fused-ring (bicyclic) bond motifs is 3. The number of alkyl halides is 3. The standard InChI is InChI=1S/C27H22ClF3N4O3S/c1-15-22(14-37-2)35-21-10-8-18(12-24(21)39-26(35)33-15)38-23-6-4-3-5-16(23)13-32-25(36)34-17-7-9-20(28)19(11-17)27(29,30)31/h3-12H,13-14H2,1-2H3,(H2,32,34,36). The van der Waals surface area contributed by atoms with Crippen molar-refractivity contribution in [2.75, 3.05) is 12.4 Å². The normalized spacial score (nSPS) is 11.7. The van der Waals surface area contributed by atoms with E-state index in [1.807, 2.05) is 31.2 Å². The van der Waals surface area contributed by atoms with Crippen molar-refractivity contribution in [3.05, 3.63) is 88.2 Å². The molecule has 5 aromatic rings. The number of hydrogen-bond acceptors (Lipinski definition) is 5. The summed E-state index contributed by atoms with van der Waals surface area (Å²) in [4.78, 5) is 17.9. The minimum Gasteiger partial charge on any atom is -0.457 e. The Morgan fingerprint density at radius 2 is 1.92 bits per heavy atom. The number of urea groups is 1. The van der Waals surface area contributed by atoms with Crippen LogP contribution >= 0.6 is 22.9 Å². The van der Waals surface area contributed by atoms with Crippen molar-refractivity contribution in [3.63, 3.8) is 0 Å². The first kappa shape index (κ1) is 26.8. The molecule has 39 heavy (non-hydrogen) atoms. The van der Waals surface area contributed by atoms with Gasteiger partial charge in [0.1, 0.15) is 11.5 Å². The van der Waals surface area contributed by atoms with E-state index < -0.39 is 22.8 Å². The molecule has 0 aliphatic rings. The first-order valence-corrected chi connectivity index (χ1v) is 12.9. The highest BCUT2D eigenvalue weighted by Gasteiger charge is 2.33. The molecule has 0 saturated carbocycles. The highest BCUT2D eigenvalue weighted by Crippen LogP contribution is 2.36. The van der Waals surface area contributed by atoms with Gasteiger partial charge in [-0.05, 0) is 43.3 Å². The molecule has 7 nitrogen and oxygen atoms in total. The SMILES string of the molecule is COCc1c(C)nc2sc3cc(Oc4ccccc4CNC(=O)Nc4ccc(Cl)c(C(F)(F)F)c4)ccc3n12. The number of anilines is 1. The lowest BCUT2D eigenvalue weighted by atomic mass is 10.2. The number of hydrogen-bond donors (Lipinski definition) is 2. The number of amides is 2. The molecule has 3 aromatic carbocycles. The van der Waals surface area contributed by atoms with Crippen LogP contribution in [-0.2, 0) is 24.1 Å². The fraction of sp³-hybridized carbons (Fsp3) is 0.185. The first-order valence-electron chi connectivity index (χ1n) is 11.7. The van der Waals surface area contributed by atoms with Crippen LogP contribution in [0.1, 0.15) is 22.5 Å². The van der Waals surface area contributed by atoms with Gasteiger partial charge in [0.05, 0.1) is 38.8 Å². The zero-order valence-electron chi connectivity index (χ0n) is 20.7. The zero-order valence-corrected chi connectivity index (χ0v) is 22.3. The summed E-state index contributed by atoms with van der Waals surface area (Å²) in [5.74, 6) is 1.13. The predicted octanol–water partition coefficient (Wildman–Crippen LogP) is 7.79. The van der Waals surface area contributed by atoms with Gasteiger partial charge in [-0.2, -0.15) is 13.2 Å². The number of rotatable bonds is 7. The van der Waals surface area contributed by atoms with Gasteiger partial charge in [0.2, 0.25) is 0 Å². The van der Waals surface area contributed by atoms with Gasteiger partial charge < -0.3 is 20.1 Å². The van der Waals surface area contributed by atoms with Gasteiger partial charge in [0.15, 0.2) is 4.96 Å². The summed E-state index contributed by atoms with van der Waals surface area (Å²) in [6.07, 6.45) is -4.64. The minimum atomic E-state index is -4.64. The smallest absolute Gasteiger partial charge is 0.417 e. The molecule has 0 unspecified atom stereocenters. The van der Waals surface area contributed by atoms with E-state index in [1.165, 1.54) is 6.07 Å². The van der Waals surface area contributed by atoms with Gasteiger partial charge in [-0.1, -0.05) is 41.1 Å². The molecule has 0 radical (unpaired) electrons. The number of benzene rings is 3. The summed E-state index contributed by atoms with van der Waals surface area (Å²) >= 11 is 7.19. The van der Waals surface area contributed by atoms with Crippen LogP contribution in [0, 0.1) is 6.92 Å². The molecule has 0 aliphatic heterocycles. The number of methoxy groups -OCH3 is 1. The van der Waals surface area contributed by atoms with E-state index in [0.717, 1.165) is 38.7 Å². The van der Waals surface area contributed by atoms with Gasteiger partial charge in [-0.15, -0.1) is 0 Å². The summed E-state index contributed by atoms with van der Waals surface area (Å²) < 4.78 is 53.9. The molecule has 0 bridgehead atoms. The molecular formula is C27H22ClF3N4O3S. The molecule has 12 heteroatoms. The highest BCUT2D eigenvalue weighted by atomic mass is 35.5.